The molecule has 2 aromatic rings. The number of hydrogen-bond donors (Lipinski definition) is 2. The zero-order valence-electron chi connectivity index (χ0n) is 23.8. The highest BCUT2D eigenvalue weighted by atomic mass is 16.4. The summed E-state index contributed by atoms with van der Waals surface area (Å²) in [7, 11) is 0. The number of unbranched alkanes of at least 4 members (excludes halogenated alkanes) is 8. The molecule has 0 aliphatic heterocycles. The zero-order chi connectivity index (χ0) is 26.7. The predicted octanol–water partition coefficient (Wildman–Crippen LogP) is 6.35. The number of carbonyl (C=O) groups is 1. The highest BCUT2D eigenvalue weighted by molar-refractivity contribution is 5.84. The average Bonchev–Trinajstić information content (AvgIpc) is 3.28. The molecule has 0 saturated heterocycles. The lowest BCUT2D eigenvalue weighted by molar-refractivity contribution is -0.929. The molecule has 3 N–H and O–H groups in total. The predicted molar refractivity (Wildman–Crippen MR) is 153 cm³/mol. The normalized spacial score (nSPS) is 12.4. The first-order valence-corrected chi connectivity index (χ1v) is 14.8. The zero-order valence-corrected chi connectivity index (χ0v) is 23.8. The molecule has 0 radical (unpaired) electrons. The first-order valence-electron chi connectivity index (χ1n) is 14.8. The van der Waals surface area contributed by atoms with E-state index in [1.165, 1.54) is 108 Å². The summed E-state index contributed by atoms with van der Waals surface area (Å²) in [6.45, 7) is 15.1. The van der Waals surface area contributed by atoms with Gasteiger partial charge in [-0.2, -0.15) is 0 Å². The molecule has 1 aromatic heterocycles. The molecule has 2 rings (SSSR count). The van der Waals surface area contributed by atoms with Crippen LogP contribution in [-0.2, 0) is 11.2 Å². The Kier molecular flexibility index (Phi) is 17.2. The molecule has 0 saturated carbocycles. The SMILES string of the molecule is CCCCC[N+](CCCCC)(CCCCC)CCCCC.N[C@@H](Cc1c[nH]c2ccccc12)C(=O)[O-]. The van der Waals surface area contributed by atoms with Gasteiger partial charge in [-0.15, -0.1) is 0 Å². The van der Waals surface area contributed by atoms with Gasteiger partial charge in [0.25, 0.3) is 0 Å². The van der Waals surface area contributed by atoms with Crippen LogP contribution in [0.1, 0.15) is 110 Å². The van der Waals surface area contributed by atoms with E-state index in [0.717, 1.165) is 16.5 Å². The molecule has 0 amide bonds. The molecule has 36 heavy (non-hydrogen) atoms. The van der Waals surface area contributed by atoms with Crippen molar-refractivity contribution < 1.29 is 14.4 Å². The highest BCUT2D eigenvalue weighted by Gasteiger charge is 2.25. The van der Waals surface area contributed by atoms with Crippen LogP contribution in [0.3, 0.4) is 0 Å². The number of carbonyl (C=O) groups excluding carboxylic acids is 1. The molecule has 206 valence electrons. The molecule has 5 heteroatoms. The maximum atomic E-state index is 10.5. The summed E-state index contributed by atoms with van der Waals surface area (Å²) < 4.78 is 1.44. The van der Waals surface area contributed by atoms with Gasteiger partial charge >= 0.3 is 0 Å². The van der Waals surface area contributed by atoms with Crippen LogP contribution in [0.25, 0.3) is 10.9 Å². The summed E-state index contributed by atoms with van der Waals surface area (Å²) >= 11 is 0. The van der Waals surface area contributed by atoms with Gasteiger partial charge in [0.05, 0.1) is 32.1 Å². The summed E-state index contributed by atoms with van der Waals surface area (Å²) in [5, 5.41) is 11.5. The second-order valence-corrected chi connectivity index (χ2v) is 10.6. The van der Waals surface area contributed by atoms with E-state index >= 15 is 0 Å². The number of nitrogens with zero attached hydrogens (tertiary/aromatic N) is 1. The number of rotatable bonds is 19. The Morgan fingerprint density at radius 2 is 1.25 bits per heavy atom. The number of hydrogen-bond acceptors (Lipinski definition) is 3. The fraction of sp³-hybridized carbons (Fsp3) is 0.710. The van der Waals surface area contributed by atoms with Gasteiger partial charge in [0.15, 0.2) is 0 Å². The van der Waals surface area contributed by atoms with E-state index in [9.17, 15) is 9.90 Å². The minimum Gasteiger partial charge on any atom is -0.548 e. The van der Waals surface area contributed by atoms with E-state index in [1.807, 2.05) is 24.3 Å². The first kappa shape index (κ1) is 32.2. The maximum absolute atomic E-state index is 10.5. The molecule has 1 aromatic carbocycles. The van der Waals surface area contributed by atoms with Crippen LogP contribution in [-0.4, -0.2) is 47.7 Å². The number of carboxylic acid groups (broad SMARTS) is 1. The quantitative estimate of drug-likeness (QED) is 0.174. The third kappa shape index (κ3) is 12.4. The maximum Gasteiger partial charge on any atom is 0.0786 e. The van der Waals surface area contributed by atoms with Crippen molar-refractivity contribution in [3.8, 4) is 0 Å². The largest absolute Gasteiger partial charge is 0.548 e. The molecule has 5 nitrogen and oxygen atoms in total. The van der Waals surface area contributed by atoms with E-state index in [-0.39, 0.29) is 6.42 Å². The number of quaternary nitrogens is 1. The Labute approximate surface area is 221 Å². The number of aromatic nitrogens is 1. The summed E-state index contributed by atoms with van der Waals surface area (Å²) in [5.41, 5.74) is 7.31. The lowest BCUT2D eigenvalue weighted by atomic mass is 10.1. The Morgan fingerprint density at radius 3 is 1.67 bits per heavy atom. The van der Waals surface area contributed by atoms with E-state index in [2.05, 4.69) is 32.7 Å². The summed E-state index contributed by atoms with van der Waals surface area (Å²) in [6.07, 6.45) is 19.0. The monoisotopic (exact) mass is 501 g/mol. The molecule has 1 heterocycles. The van der Waals surface area contributed by atoms with Crippen LogP contribution >= 0.6 is 0 Å². The van der Waals surface area contributed by atoms with Crippen LogP contribution < -0.4 is 10.8 Å². The van der Waals surface area contributed by atoms with Crippen molar-refractivity contribution in [2.24, 2.45) is 5.73 Å². The van der Waals surface area contributed by atoms with Crippen LogP contribution in [0.15, 0.2) is 30.5 Å². The third-order valence-electron chi connectivity index (χ3n) is 7.36. The topological polar surface area (TPSA) is 81.9 Å². The Morgan fingerprint density at radius 1 is 0.806 bits per heavy atom. The lowest BCUT2D eigenvalue weighted by Crippen LogP contribution is -2.50. The van der Waals surface area contributed by atoms with Crippen molar-refractivity contribution >= 4 is 16.9 Å². The minimum atomic E-state index is -1.22. The fourth-order valence-corrected chi connectivity index (χ4v) is 5.08. The summed E-state index contributed by atoms with van der Waals surface area (Å²) in [5.74, 6) is -1.22. The van der Waals surface area contributed by atoms with E-state index in [0.29, 0.717) is 0 Å². The summed E-state index contributed by atoms with van der Waals surface area (Å²) in [4.78, 5) is 13.6. The molecule has 1 atom stereocenters. The van der Waals surface area contributed by atoms with Gasteiger partial charge in [-0.25, -0.2) is 0 Å². The second kappa shape index (κ2) is 19.3. The number of para-hydroxylation sites is 1. The van der Waals surface area contributed by atoms with Crippen LogP contribution in [0, 0.1) is 0 Å². The second-order valence-electron chi connectivity index (χ2n) is 10.6. The molecule has 0 fully saturated rings. The van der Waals surface area contributed by atoms with Crippen molar-refractivity contribution in [2.75, 3.05) is 26.2 Å². The molecule has 0 bridgehead atoms. The van der Waals surface area contributed by atoms with Crippen LogP contribution in [0.4, 0.5) is 0 Å². The number of H-pyrrole nitrogens is 1. The number of aliphatic carboxylic acids is 1. The summed E-state index contributed by atoms with van der Waals surface area (Å²) in [6, 6.07) is 6.74. The number of carboxylic acids is 1. The molecule has 0 spiro atoms. The Hall–Kier alpha value is -1.85. The van der Waals surface area contributed by atoms with Crippen LogP contribution in [0.5, 0.6) is 0 Å². The molecule has 0 unspecified atom stereocenters. The highest BCUT2D eigenvalue weighted by Crippen LogP contribution is 2.19. The van der Waals surface area contributed by atoms with Gasteiger partial charge < -0.3 is 25.1 Å². The van der Waals surface area contributed by atoms with Gasteiger partial charge in [0.2, 0.25) is 0 Å². The smallest absolute Gasteiger partial charge is 0.0786 e. The number of aromatic amines is 1. The van der Waals surface area contributed by atoms with Crippen molar-refractivity contribution in [1.29, 1.82) is 0 Å². The number of nitrogens with one attached hydrogen (secondary N) is 1. The van der Waals surface area contributed by atoms with Gasteiger partial charge in [-0.3, -0.25) is 0 Å². The number of nitrogens with two attached hydrogens (primary N) is 1. The molecular weight excluding hydrogens is 446 g/mol. The fourth-order valence-electron chi connectivity index (χ4n) is 5.08. The molecular formula is C31H55N3O2. The van der Waals surface area contributed by atoms with Crippen molar-refractivity contribution in [3.63, 3.8) is 0 Å². The van der Waals surface area contributed by atoms with Gasteiger partial charge in [-0.05, 0) is 69.4 Å². The van der Waals surface area contributed by atoms with Gasteiger partial charge in [0, 0.05) is 23.1 Å². The van der Waals surface area contributed by atoms with E-state index in [4.69, 9.17) is 5.73 Å². The molecule has 0 aliphatic carbocycles. The van der Waals surface area contributed by atoms with Crippen molar-refractivity contribution in [3.05, 3.63) is 36.0 Å². The van der Waals surface area contributed by atoms with E-state index < -0.39 is 12.0 Å². The molecule has 0 aliphatic rings. The number of benzene rings is 1. The van der Waals surface area contributed by atoms with Crippen LogP contribution in [0.2, 0.25) is 0 Å². The third-order valence-corrected chi connectivity index (χ3v) is 7.36. The standard InChI is InChI=1S/C20H44N.C11H12N2O2/c1-5-9-13-17-21(18-14-10-6-2,19-15-11-7-3)20-16-12-8-4;12-9(11(14)15)5-7-6-13-10-4-2-1-3-8(7)10/h5-20H2,1-4H3;1-4,6,9,13H,5,12H2,(H,14,15)/q+1;/p-1/t;9-/m.0/s1. The Bertz CT molecular complexity index is 771. The van der Waals surface area contributed by atoms with Crippen molar-refractivity contribution in [2.45, 2.75) is 117 Å². The van der Waals surface area contributed by atoms with Gasteiger partial charge in [0.1, 0.15) is 0 Å². The lowest BCUT2D eigenvalue weighted by Gasteiger charge is -2.39. The van der Waals surface area contributed by atoms with E-state index in [1.54, 1.807) is 6.20 Å². The number of fused-ring (bicyclic) bond motifs is 1. The van der Waals surface area contributed by atoms with Gasteiger partial charge in [-0.1, -0.05) is 71.6 Å². The Balaban J connectivity index is 0.000000377. The van der Waals surface area contributed by atoms with Crippen molar-refractivity contribution in [1.82, 2.24) is 4.98 Å². The first-order chi connectivity index (χ1) is 17.4. The average molecular weight is 502 g/mol. The minimum absolute atomic E-state index is 0.284.